The third kappa shape index (κ3) is 2.36. The van der Waals surface area contributed by atoms with Gasteiger partial charge in [-0.1, -0.05) is 0 Å². The van der Waals surface area contributed by atoms with Crippen LogP contribution in [0.25, 0.3) is 0 Å². The molecule has 1 aliphatic rings. The van der Waals surface area contributed by atoms with Crippen LogP contribution in [0, 0.1) is 0 Å². The van der Waals surface area contributed by atoms with E-state index in [-0.39, 0.29) is 0 Å². The third-order valence-corrected chi connectivity index (χ3v) is 1.48. The lowest BCUT2D eigenvalue weighted by atomic mass is 10.3. The molecule has 0 aromatic rings. The number of hydrogen-bond acceptors (Lipinski definition) is 13. The van der Waals surface area contributed by atoms with Crippen LogP contribution in [0.4, 0.5) is 0 Å². The lowest BCUT2D eigenvalue weighted by molar-refractivity contribution is -0.516. The fraction of sp³-hybridized carbons (Fsp3) is 0.400. The monoisotopic (exact) mass is 272 g/mol. The molecular formula is C5H4O13. The van der Waals surface area contributed by atoms with Gasteiger partial charge in [-0.25, -0.2) is 39.9 Å². The number of carbonyl (C=O) groups is 3. The Balaban J connectivity index is 2.51. The number of rotatable bonds is 5. The van der Waals surface area contributed by atoms with Gasteiger partial charge in [0.15, 0.2) is 0 Å². The van der Waals surface area contributed by atoms with Gasteiger partial charge in [0.1, 0.15) is 0 Å². The van der Waals surface area contributed by atoms with E-state index in [1.807, 2.05) is 0 Å². The van der Waals surface area contributed by atoms with Crippen LogP contribution in [0.2, 0.25) is 0 Å². The van der Waals surface area contributed by atoms with Crippen molar-refractivity contribution in [3.8, 4) is 0 Å². The quantitative estimate of drug-likeness (QED) is 0.216. The van der Waals surface area contributed by atoms with E-state index in [9.17, 15) is 14.4 Å². The Morgan fingerprint density at radius 1 is 1.17 bits per heavy atom. The zero-order valence-corrected chi connectivity index (χ0v) is 8.00. The standard InChI is InChI=1S/C5H4O13/c6-1(2(12-9)13-10)14-15-3(7)5(17-11)4(8)16-18-5/h2,9-11H. The van der Waals surface area contributed by atoms with Crippen molar-refractivity contribution < 1.29 is 64.4 Å². The molecular weight excluding hydrogens is 268 g/mol. The van der Waals surface area contributed by atoms with Crippen LogP contribution in [0.1, 0.15) is 0 Å². The summed E-state index contributed by atoms with van der Waals surface area (Å²) in [6.45, 7) is 0. The largest absolute Gasteiger partial charge is 0.442 e. The maximum absolute atomic E-state index is 11.1. The minimum atomic E-state index is -2.95. The first-order valence-corrected chi connectivity index (χ1v) is 3.77. The Labute approximate surface area is 95.5 Å². The van der Waals surface area contributed by atoms with Gasteiger partial charge >= 0.3 is 30.0 Å². The van der Waals surface area contributed by atoms with Crippen molar-refractivity contribution in [2.45, 2.75) is 12.1 Å². The van der Waals surface area contributed by atoms with Gasteiger partial charge in [-0.15, -0.1) is 4.89 Å². The number of hydrogen-bond donors (Lipinski definition) is 3. The van der Waals surface area contributed by atoms with Crippen LogP contribution in [0.5, 0.6) is 0 Å². The molecule has 0 saturated carbocycles. The molecule has 1 fully saturated rings. The molecule has 13 heteroatoms. The maximum Gasteiger partial charge on any atom is 0.442 e. The van der Waals surface area contributed by atoms with Crippen molar-refractivity contribution in [2.24, 2.45) is 0 Å². The van der Waals surface area contributed by atoms with Crippen LogP contribution < -0.4 is 0 Å². The Bertz CT molecular complexity index is 341. The van der Waals surface area contributed by atoms with E-state index in [1.165, 1.54) is 0 Å². The molecule has 0 radical (unpaired) electrons. The highest BCUT2D eigenvalue weighted by Gasteiger charge is 2.65. The Hall–Kier alpha value is -1.87. The first-order chi connectivity index (χ1) is 8.51. The molecule has 0 amide bonds. The van der Waals surface area contributed by atoms with Crippen LogP contribution >= 0.6 is 0 Å². The highest BCUT2D eigenvalue weighted by Crippen LogP contribution is 2.26. The second kappa shape index (κ2) is 5.65. The fourth-order valence-corrected chi connectivity index (χ4v) is 0.637. The molecule has 13 nitrogen and oxygen atoms in total. The summed E-state index contributed by atoms with van der Waals surface area (Å²) in [6, 6.07) is 0. The molecule has 1 unspecified atom stereocenters. The lowest BCUT2D eigenvalue weighted by Crippen LogP contribution is -2.61. The minimum absolute atomic E-state index is 1.49. The maximum atomic E-state index is 11.1. The van der Waals surface area contributed by atoms with Gasteiger partial charge in [0.2, 0.25) is 0 Å². The molecule has 102 valence electrons. The van der Waals surface area contributed by atoms with Gasteiger partial charge in [-0.3, -0.25) is 4.89 Å². The summed E-state index contributed by atoms with van der Waals surface area (Å²) < 4.78 is 0. The van der Waals surface area contributed by atoms with E-state index in [0.29, 0.717) is 0 Å². The number of carbonyl (C=O) groups excluding carboxylic acids is 3. The van der Waals surface area contributed by atoms with E-state index < -0.39 is 30.0 Å². The van der Waals surface area contributed by atoms with Crippen molar-refractivity contribution in [2.75, 3.05) is 0 Å². The zero-order valence-electron chi connectivity index (χ0n) is 8.00. The molecule has 3 N–H and O–H groups in total. The topological polar surface area (TPSA) is 177 Å². The Morgan fingerprint density at radius 3 is 2.11 bits per heavy atom. The Kier molecular flexibility index (Phi) is 4.45. The van der Waals surface area contributed by atoms with Crippen LogP contribution in [0.15, 0.2) is 0 Å². The van der Waals surface area contributed by atoms with Crippen molar-refractivity contribution in [1.29, 1.82) is 0 Å². The van der Waals surface area contributed by atoms with Crippen molar-refractivity contribution in [1.82, 2.24) is 0 Å². The highest BCUT2D eigenvalue weighted by atomic mass is 17.3. The van der Waals surface area contributed by atoms with Crippen LogP contribution in [-0.4, -0.2) is 45.8 Å². The zero-order chi connectivity index (χ0) is 13.8. The first-order valence-electron chi connectivity index (χ1n) is 3.77. The van der Waals surface area contributed by atoms with E-state index in [2.05, 4.69) is 34.2 Å². The van der Waals surface area contributed by atoms with Crippen LogP contribution in [-0.2, 0) is 48.6 Å². The normalized spacial score (nSPS) is 22.1. The predicted molar refractivity (Wildman–Crippen MR) is 37.0 cm³/mol. The van der Waals surface area contributed by atoms with E-state index in [4.69, 9.17) is 15.8 Å². The molecule has 18 heavy (non-hydrogen) atoms. The molecule has 0 bridgehead atoms. The summed E-state index contributed by atoms with van der Waals surface area (Å²) in [5.41, 5.74) is 0. The first kappa shape index (κ1) is 14.2. The molecule has 1 heterocycles. The van der Waals surface area contributed by atoms with Gasteiger partial charge in [0.25, 0.3) is 0 Å². The van der Waals surface area contributed by atoms with Crippen molar-refractivity contribution in [3.63, 3.8) is 0 Å². The molecule has 0 aromatic heterocycles. The van der Waals surface area contributed by atoms with Gasteiger partial charge < -0.3 is 0 Å². The third-order valence-electron chi connectivity index (χ3n) is 1.48. The summed E-state index contributed by atoms with van der Waals surface area (Å²) in [5, 5.41) is 24.2. The smallest absolute Gasteiger partial charge is 0.287 e. The van der Waals surface area contributed by atoms with Gasteiger partial charge in [-0.05, 0) is 0 Å². The molecule has 1 rings (SSSR count). The van der Waals surface area contributed by atoms with Gasteiger partial charge in [0.05, 0.1) is 0 Å². The summed E-state index contributed by atoms with van der Waals surface area (Å²) in [7, 11) is 0. The SMILES string of the molecule is O=C(OOC(=O)C1(OO)OOC1=O)C(OO)OO. The summed E-state index contributed by atoms with van der Waals surface area (Å²) in [6.07, 6.45) is -2.34. The van der Waals surface area contributed by atoms with Crippen LogP contribution in [0.3, 0.4) is 0 Å². The molecule has 1 atom stereocenters. The van der Waals surface area contributed by atoms with E-state index >= 15 is 0 Å². The van der Waals surface area contributed by atoms with E-state index in [1.54, 1.807) is 0 Å². The average molecular weight is 272 g/mol. The van der Waals surface area contributed by atoms with E-state index in [0.717, 1.165) is 0 Å². The highest BCUT2D eigenvalue weighted by molar-refractivity contribution is 6.03. The summed E-state index contributed by atoms with van der Waals surface area (Å²) in [4.78, 5) is 57.2. The predicted octanol–water partition coefficient (Wildman–Crippen LogP) is -2.03. The lowest BCUT2D eigenvalue weighted by Gasteiger charge is -2.28. The second-order valence-corrected chi connectivity index (χ2v) is 2.48. The average Bonchev–Trinajstić information content (AvgIpc) is 2.37. The summed E-state index contributed by atoms with van der Waals surface area (Å²) in [5.74, 6) is -7.99. The molecule has 0 spiro atoms. The molecule has 0 aromatic carbocycles. The molecule has 1 aliphatic heterocycles. The fourth-order valence-electron chi connectivity index (χ4n) is 0.637. The molecule has 1 saturated heterocycles. The van der Waals surface area contributed by atoms with Gasteiger partial charge in [0, 0.05) is 0 Å². The molecule has 0 aliphatic carbocycles. The minimum Gasteiger partial charge on any atom is -0.287 e. The summed E-state index contributed by atoms with van der Waals surface area (Å²) >= 11 is 0. The second-order valence-electron chi connectivity index (χ2n) is 2.48. The Morgan fingerprint density at radius 2 is 1.78 bits per heavy atom. The van der Waals surface area contributed by atoms with Gasteiger partial charge in [-0.2, -0.15) is 14.7 Å². The van der Waals surface area contributed by atoms with Crippen molar-refractivity contribution >= 4 is 17.9 Å². The van der Waals surface area contributed by atoms with Crippen molar-refractivity contribution in [3.05, 3.63) is 0 Å².